The Morgan fingerprint density at radius 2 is 1.84 bits per heavy atom. The van der Waals surface area contributed by atoms with Crippen molar-refractivity contribution < 1.29 is 4.79 Å². The molecule has 0 atom stereocenters. The van der Waals surface area contributed by atoms with E-state index in [1.54, 1.807) is 0 Å². The van der Waals surface area contributed by atoms with Crippen molar-refractivity contribution >= 4 is 32.7 Å². The number of H-pyrrole nitrogens is 1. The van der Waals surface area contributed by atoms with E-state index in [1.165, 1.54) is 0 Å². The number of rotatable bonds is 2. The van der Waals surface area contributed by atoms with E-state index in [9.17, 15) is 4.79 Å². The number of carbonyl (C=O) groups excluding carboxylic acids is 1. The minimum Gasteiger partial charge on any atom is -0.366 e. The number of hydrogen-bond donors (Lipinski definition) is 2. The average Bonchev–Trinajstić information content (AvgIpc) is 2.80. The molecule has 19 heavy (non-hydrogen) atoms. The van der Waals surface area contributed by atoms with Gasteiger partial charge < -0.3 is 10.7 Å². The largest absolute Gasteiger partial charge is 0.366 e. The van der Waals surface area contributed by atoms with Crippen LogP contribution in [0.4, 0.5) is 0 Å². The fourth-order valence-corrected chi connectivity index (χ4v) is 2.62. The molecule has 0 aliphatic rings. The van der Waals surface area contributed by atoms with E-state index in [-0.39, 0.29) is 0 Å². The lowest BCUT2D eigenvalue weighted by Gasteiger charge is -2.06. The summed E-state index contributed by atoms with van der Waals surface area (Å²) in [5.74, 6) is -0.433. The molecule has 0 aliphatic carbocycles. The van der Waals surface area contributed by atoms with E-state index >= 15 is 0 Å². The zero-order valence-electron chi connectivity index (χ0n) is 9.98. The number of primary amides is 1. The van der Waals surface area contributed by atoms with Crippen LogP contribution < -0.4 is 5.73 Å². The van der Waals surface area contributed by atoms with Crippen molar-refractivity contribution in [1.82, 2.24) is 4.98 Å². The van der Waals surface area contributed by atoms with Gasteiger partial charge in [0.1, 0.15) is 0 Å². The molecule has 0 aliphatic heterocycles. The molecular formula is C15H11BrN2O. The lowest BCUT2D eigenvalue weighted by atomic mass is 10.0. The fraction of sp³-hybridized carbons (Fsp3) is 0. The maximum atomic E-state index is 11.6. The standard InChI is InChI=1S/C15H11BrN2O/c16-13-8-18-14-11(13)6-10(7-12(14)15(17)19)9-4-2-1-3-5-9/h1-8,18H,(H2,17,19). The van der Waals surface area contributed by atoms with Crippen molar-refractivity contribution in [3.8, 4) is 11.1 Å². The van der Waals surface area contributed by atoms with Gasteiger partial charge in [0.25, 0.3) is 5.91 Å². The third kappa shape index (κ3) is 2.04. The predicted molar refractivity (Wildman–Crippen MR) is 80.0 cm³/mol. The Bertz CT molecular complexity index is 762. The second-order valence-corrected chi connectivity index (χ2v) is 5.17. The van der Waals surface area contributed by atoms with Gasteiger partial charge in [-0.05, 0) is 39.2 Å². The summed E-state index contributed by atoms with van der Waals surface area (Å²) < 4.78 is 0.919. The first-order valence-corrected chi connectivity index (χ1v) is 6.62. The van der Waals surface area contributed by atoms with Gasteiger partial charge in [-0.15, -0.1) is 0 Å². The zero-order chi connectivity index (χ0) is 13.4. The molecule has 0 bridgehead atoms. The third-order valence-corrected chi connectivity index (χ3v) is 3.77. The molecule has 3 rings (SSSR count). The molecule has 3 N–H and O–H groups in total. The molecule has 1 heterocycles. The van der Waals surface area contributed by atoms with E-state index in [1.807, 2.05) is 48.7 Å². The van der Waals surface area contributed by atoms with E-state index in [4.69, 9.17) is 5.73 Å². The van der Waals surface area contributed by atoms with Gasteiger partial charge in [0.15, 0.2) is 0 Å². The lowest BCUT2D eigenvalue weighted by molar-refractivity contribution is 0.100. The predicted octanol–water partition coefficient (Wildman–Crippen LogP) is 3.70. The van der Waals surface area contributed by atoms with Crippen molar-refractivity contribution in [2.24, 2.45) is 5.73 Å². The number of aromatic amines is 1. The van der Waals surface area contributed by atoms with Crippen LogP contribution in [0.25, 0.3) is 22.0 Å². The SMILES string of the molecule is NC(=O)c1cc(-c2ccccc2)cc2c(Br)c[nH]c12. The molecule has 1 amide bonds. The van der Waals surface area contributed by atoms with Crippen molar-refractivity contribution in [3.63, 3.8) is 0 Å². The summed E-state index contributed by atoms with van der Waals surface area (Å²) in [6.07, 6.45) is 1.81. The molecule has 0 radical (unpaired) electrons. The summed E-state index contributed by atoms with van der Waals surface area (Å²) in [4.78, 5) is 14.7. The number of amides is 1. The van der Waals surface area contributed by atoms with Crippen molar-refractivity contribution in [3.05, 3.63) is 58.7 Å². The molecule has 0 saturated carbocycles. The summed E-state index contributed by atoms with van der Waals surface area (Å²) >= 11 is 3.47. The minimum atomic E-state index is -0.433. The van der Waals surface area contributed by atoms with E-state index < -0.39 is 5.91 Å². The van der Waals surface area contributed by atoms with E-state index in [0.717, 1.165) is 26.5 Å². The van der Waals surface area contributed by atoms with Gasteiger partial charge in [-0.1, -0.05) is 30.3 Å². The molecule has 3 nitrogen and oxygen atoms in total. The van der Waals surface area contributed by atoms with Crippen LogP contribution in [0.5, 0.6) is 0 Å². The normalized spacial score (nSPS) is 10.8. The van der Waals surface area contributed by atoms with Crippen LogP contribution >= 0.6 is 15.9 Å². The highest BCUT2D eigenvalue weighted by Crippen LogP contribution is 2.31. The molecule has 4 heteroatoms. The zero-order valence-corrected chi connectivity index (χ0v) is 11.6. The highest BCUT2D eigenvalue weighted by atomic mass is 79.9. The van der Waals surface area contributed by atoms with Crippen molar-refractivity contribution in [1.29, 1.82) is 0 Å². The number of aromatic nitrogens is 1. The van der Waals surface area contributed by atoms with Crippen LogP contribution in [-0.4, -0.2) is 10.9 Å². The highest BCUT2D eigenvalue weighted by Gasteiger charge is 2.13. The maximum absolute atomic E-state index is 11.6. The topological polar surface area (TPSA) is 58.9 Å². The van der Waals surface area contributed by atoms with E-state index in [0.29, 0.717) is 5.56 Å². The van der Waals surface area contributed by atoms with Crippen LogP contribution in [0.1, 0.15) is 10.4 Å². The fourth-order valence-electron chi connectivity index (χ4n) is 2.19. The third-order valence-electron chi connectivity index (χ3n) is 3.11. The van der Waals surface area contributed by atoms with Gasteiger partial charge in [0.2, 0.25) is 0 Å². The number of carbonyl (C=O) groups is 1. The number of fused-ring (bicyclic) bond motifs is 1. The Labute approximate surface area is 118 Å². The highest BCUT2D eigenvalue weighted by molar-refractivity contribution is 9.10. The molecule has 94 valence electrons. The van der Waals surface area contributed by atoms with Gasteiger partial charge in [-0.2, -0.15) is 0 Å². The van der Waals surface area contributed by atoms with Gasteiger partial charge in [0, 0.05) is 16.1 Å². The minimum absolute atomic E-state index is 0.433. The van der Waals surface area contributed by atoms with Crippen LogP contribution in [0.15, 0.2) is 53.1 Å². The summed E-state index contributed by atoms with van der Waals surface area (Å²) in [7, 11) is 0. The molecule has 3 aromatic rings. The molecule has 2 aromatic carbocycles. The number of nitrogens with two attached hydrogens (primary N) is 1. The van der Waals surface area contributed by atoms with Gasteiger partial charge in [0.05, 0.1) is 11.1 Å². The van der Waals surface area contributed by atoms with Crippen LogP contribution in [-0.2, 0) is 0 Å². The summed E-state index contributed by atoms with van der Waals surface area (Å²) in [6.45, 7) is 0. The number of halogens is 1. The van der Waals surface area contributed by atoms with Crippen LogP contribution in [0, 0.1) is 0 Å². The van der Waals surface area contributed by atoms with Crippen LogP contribution in [0.2, 0.25) is 0 Å². The summed E-state index contributed by atoms with van der Waals surface area (Å²) in [6, 6.07) is 13.8. The molecular weight excluding hydrogens is 304 g/mol. The first kappa shape index (κ1) is 12.0. The van der Waals surface area contributed by atoms with Crippen molar-refractivity contribution in [2.75, 3.05) is 0 Å². The first-order valence-electron chi connectivity index (χ1n) is 5.82. The Hall–Kier alpha value is -2.07. The summed E-state index contributed by atoms with van der Waals surface area (Å²) in [5.41, 5.74) is 8.76. The first-order chi connectivity index (χ1) is 9.16. The second kappa shape index (κ2) is 4.55. The van der Waals surface area contributed by atoms with E-state index in [2.05, 4.69) is 20.9 Å². The molecule has 0 spiro atoms. The number of hydrogen-bond acceptors (Lipinski definition) is 1. The summed E-state index contributed by atoms with van der Waals surface area (Å²) in [5, 5.41) is 0.954. The van der Waals surface area contributed by atoms with Gasteiger partial charge in [-0.3, -0.25) is 4.79 Å². The van der Waals surface area contributed by atoms with Crippen LogP contribution in [0.3, 0.4) is 0 Å². The molecule has 0 unspecified atom stereocenters. The Morgan fingerprint density at radius 3 is 2.53 bits per heavy atom. The second-order valence-electron chi connectivity index (χ2n) is 4.31. The van der Waals surface area contributed by atoms with Crippen molar-refractivity contribution in [2.45, 2.75) is 0 Å². The Morgan fingerprint density at radius 1 is 1.11 bits per heavy atom. The smallest absolute Gasteiger partial charge is 0.250 e. The lowest BCUT2D eigenvalue weighted by Crippen LogP contribution is -2.11. The van der Waals surface area contributed by atoms with Gasteiger partial charge >= 0.3 is 0 Å². The quantitative estimate of drug-likeness (QED) is 0.744. The molecule has 0 fully saturated rings. The Balaban J connectivity index is 2.33. The monoisotopic (exact) mass is 314 g/mol. The number of benzene rings is 2. The van der Waals surface area contributed by atoms with Gasteiger partial charge in [-0.25, -0.2) is 0 Å². The maximum Gasteiger partial charge on any atom is 0.250 e. The average molecular weight is 315 g/mol. The molecule has 1 aromatic heterocycles. The Kier molecular flexibility index (Phi) is 2.87. The number of nitrogens with one attached hydrogen (secondary N) is 1. The molecule has 0 saturated heterocycles.